The molecule has 0 aliphatic rings. The number of aromatic nitrogens is 2. The molecule has 1 amide bonds. The zero-order valence-corrected chi connectivity index (χ0v) is 16.2. The van der Waals surface area contributed by atoms with Crippen LogP contribution in [0.15, 0.2) is 54.9 Å². The molecule has 6 nitrogen and oxygen atoms in total. The molecular weight excluding hydrogens is 354 g/mol. The number of nitrogens with zero attached hydrogens (tertiary/aromatic N) is 2. The van der Waals surface area contributed by atoms with Crippen LogP contribution in [0.3, 0.4) is 0 Å². The molecule has 0 unspecified atom stereocenters. The fourth-order valence-electron chi connectivity index (χ4n) is 2.82. The third-order valence-electron chi connectivity index (χ3n) is 4.49. The number of nitrogens with one attached hydrogen (secondary N) is 1. The summed E-state index contributed by atoms with van der Waals surface area (Å²) in [7, 11) is 0. The van der Waals surface area contributed by atoms with Crippen molar-refractivity contribution in [2.24, 2.45) is 0 Å². The summed E-state index contributed by atoms with van der Waals surface area (Å²) in [5.74, 6) is 0.311. The average Bonchev–Trinajstić information content (AvgIpc) is 3.09. The highest BCUT2D eigenvalue weighted by Gasteiger charge is 2.12. The first kappa shape index (κ1) is 19.4. The van der Waals surface area contributed by atoms with Crippen LogP contribution in [-0.2, 0) is 11.3 Å². The minimum atomic E-state index is -0.405. The lowest BCUT2D eigenvalue weighted by atomic mass is 10.1. The van der Waals surface area contributed by atoms with Crippen molar-refractivity contribution in [3.63, 3.8) is 0 Å². The van der Waals surface area contributed by atoms with Crippen LogP contribution in [0, 0.1) is 13.8 Å². The monoisotopic (exact) mass is 377 g/mol. The Morgan fingerprint density at radius 1 is 1.07 bits per heavy atom. The third kappa shape index (κ3) is 4.46. The van der Waals surface area contributed by atoms with Gasteiger partial charge in [-0.25, -0.2) is 9.78 Å². The Morgan fingerprint density at radius 3 is 2.43 bits per heavy atom. The van der Waals surface area contributed by atoms with Crippen LogP contribution < -0.4 is 5.32 Å². The summed E-state index contributed by atoms with van der Waals surface area (Å²) < 4.78 is 7.06. The van der Waals surface area contributed by atoms with E-state index in [1.54, 1.807) is 43.5 Å². The Morgan fingerprint density at radius 2 is 1.79 bits per heavy atom. The van der Waals surface area contributed by atoms with Crippen LogP contribution in [0.25, 0.3) is 0 Å². The number of carbonyl (C=O) groups excluding carboxylic acids is 2. The van der Waals surface area contributed by atoms with Crippen LogP contribution in [0.4, 0.5) is 5.69 Å². The molecule has 1 aromatic heterocycles. The molecule has 28 heavy (non-hydrogen) atoms. The molecule has 2 aromatic carbocycles. The van der Waals surface area contributed by atoms with E-state index < -0.39 is 5.97 Å². The molecule has 0 radical (unpaired) electrons. The Bertz CT molecular complexity index is 991. The van der Waals surface area contributed by atoms with Crippen LogP contribution in [0.1, 0.15) is 44.6 Å². The normalized spacial score (nSPS) is 10.5. The van der Waals surface area contributed by atoms with E-state index in [1.807, 2.05) is 36.7 Å². The third-order valence-corrected chi connectivity index (χ3v) is 4.49. The molecule has 0 atom stereocenters. The maximum Gasteiger partial charge on any atom is 0.338 e. The fourth-order valence-corrected chi connectivity index (χ4v) is 2.82. The molecule has 0 saturated carbocycles. The van der Waals surface area contributed by atoms with Crippen molar-refractivity contribution in [1.82, 2.24) is 9.55 Å². The topological polar surface area (TPSA) is 73.2 Å². The second-order valence-corrected chi connectivity index (χ2v) is 6.50. The number of esters is 1. The van der Waals surface area contributed by atoms with Crippen molar-refractivity contribution in [1.29, 1.82) is 0 Å². The van der Waals surface area contributed by atoms with Crippen molar-refractivity contribution in [2.45, 2.75) is 27.3 Å². The van der Waals surface area contributed by atoms with Gasteiger partial charge < -0.3 is 14.6 Å². The molecule has 0 fully saturated rings. The molecule has 0 aliphatic carbocycles. The largest absolute Gasteiger partial charge is 0.462 e. The van der Waals surface area contributed by atoms with E-state index in [0.717, 1.165) is 17.0 Å². The molecular formula is C22H23N3O3. The Kier molecular flexibility index (Phi) is 5.89. The second-order valence-electron chi connectivity index (χ2n) is 6.50. The summed E-state index contributed by atoms with van der Waals surface area (Å²) >= 11 is 0. The van der Waals surface area contributed by atoms with Gasteiger partial charge in [-0.3, -0.25) is 4.79 Å². The quantitative estimate of drug-likeness (QED) is 0.660. The van der Waals surface area contributed by atoms with Crippen LogP contribution in [0.5, 0.6) is 0 Å². The van der Waals surface area contributed by atoms with Gasteiger partial charge in [0.05, 0.1) is 12.2 Å². The van der Waals surface area contributed by atoms with E-state index in [4.69, 9.17) is 4.74 Å². The summed E-state index contributed by atoms with van der Waals surface area (Å²) in [4.78, 5) is 28.7. The van der Waals surface area contributed by atoms with Crippen molar-refractivity contribution in [3.8, 4) is 0 Å². The van der Waals surface area contributed by atoms with Gasteiger partial charge in [-0.05, 0) is 56.2 Å². The summed E-state index contributed by atoms with van der Waals surface area (Å²) in [5, 5.41) is 2.88. The van der Waals surface area contributed by atoms with Crippen LogP contribution in [-0.4, -0.2) is 28.0 Å². The summed E-state index contributed by atoms with van der Waals surface area (Å²) in [6.07, 6.45) is 3.69. The van der Waals surface area contributed by atoms with E-state index in [2.05, 4.69) is 10.3 Å². The van der Waals surface area contributed by atoms with E-state index >= 15 is 0 Å². The Labute approximate surface area is 164 Å². The number of hydrogen-bond donors (Lipinski definition) is 1. The number of ether oxygens (including phenoxy) is 1. The molecule has 3 aromatic rings. The molecule has 6 heteroatoms. The van der Waals surface area contributed by atoms with E-state index in [-0.39, 0.29) is 5.91 Å². The molecule has 0 spiro atoms. The predicted octanol–water partition coefficient (Wildman–Crippen LogP) is 3.98. The maximum absolute atomic E-state index is 12.6. The van der Waals surface area contributed by atoms with Crippen molar-refractivity contribution in [2.75, 3.05) is 11.9 Å². The van der Waals surface area contributed by atoms with Gasteiger partial charge in [0.1, 0.15) is 5.82 Å². The summed E-state index contributed by atoms with van der Waals surface area (Å²) in [5.41, 5.74) is 3.50. The Balaban J connectivity index is 1.71. The highest BCUT2D eigenvalue weighted by Crippen LogP contribution is 2.19. The predicted molar refractivity (Wildman–Crippen MR) is 108 cm³/mol. The molecule has 144 valence electrons. The maximum atomic E-state index is 12.6. The van der Waals surface area contributed by atoms with Gasteiger partial charge >= 0.3 is 5.97 Å². The van der Waals surface area contributed by atoms with Gasteiger partial charge in [-0.2, -0.15) is 0 Å². The van der Waals surface area contributed by atoms with Gasteiger partial charge in [0.2, 0.25) is 0 Å². The lowest BCUT2D eigenvalue weighted by molar-refractivity contribution is 0.0526. The number of aryl methyl sites for hydroxylation is 2. The number of hydrogen-bond acceptors (Lipinski definition) is 4. The number of imidazole rings is 1. The first-order valence-corrected chi connectivity index (χ1v) is 9.13. The van der Waals surface area contributed by atoms with Gasteiger partial charge in [0.15, 0.2) is 0 Å². The van der Waals surface area contributed by atoms with E-state index in [0.29, 0.717) is 30.0 Å². The van der Waals surface area contributed by atoms with Crippen molar-refractivity contribution >= 4 is 17.6 Å². The lowest BCUT2D eigenvalue weighted by Gasteiger charge is -2.11. The highest BCUT2D eigenvalue weighted by atomic mass is 16.5. The molecule has 0 bridgehead atoms. The van der Waals surface area contributed by atoms with Crippen molar-refractivity contribution < 1.29 is 14.3 Å². The number of anilines is 1. The first-order chi connectivity index (χ1) is 13.5. The summed E-state index contributed by atoms with van der Waals surface area (Å²) in [6, 6.07) is 12.6. The molecule has 1 heterocycles. The molecule has 0 saturated heterocycles. The van der Waals surface area contributed by atoms with Gasteiger partial charge in [0.25, 0.3) is 5.91 Å². The van der Waals surface area contributed by atoms with E-state index in [1.165, 1.54) is 0 Å². The number of rotatable bonds is 6. The minimum absolute atomic E-state index is 0.227. The van der Waals surface area contributed by atoms with E-state index in [9.17, 15) is 9.59 Å². The Hall–Kier alpha value is -3.41. The average molecular weight is 377 g/mol. The lowest BCUT2D eigenvalue weighted by Crippen LogP contribution is -2.14. The standard InChI is InChI=1S/C22H23N3O3/c1-4-28-22(27)19-8-5-15(2)20(13-19)24-21(26)18-9-6-17(7-10-18)14-25-12-11-23-16(25)3/h5-13H,4,14H2,1-3H3,(H,24,26). The molecule has 3 rings (SSSR count). The van der Waals surface area contributed by atoms with Gasteiger partial charge in [-0.1, -0.05) is 18.2 Å². The van der Waals surface area contributed by atoms with Crippen LogP contribution in [0.2, 0.25) is 0 Å². The second kappa shape index (κ2) is 8.52. The smallest absolute Gasteiger partial charge is 0.338 e. The zero-order valence-electron chi connectivity index (χ0n) is 16.2. The molecule has 1 N–H and O–H groups in total. The van der Waals surface area contributed by atoms with Crippen LogP contribution >= 0.6 is 0 Å². The van der Waals surface area contributed by atoms with Gasteiger partial charge in [-0.15, -0.1) is 0 Å². The fraction of sp³-hybridized carbons (Fsp3) is 0.227. The number of benzene rings is 2. The summed E-state index contributed by atoms with van der Waals surface area (Å²) in [6.45, 7) is 6.59. The zero-order chi connectivity index (χ0) is 20.1. The number of amides is 1. The first-order valence-electron chi connectivity index (χ1n) is 9.13. The molecule has 0 aliphatic heterocycles. The van der Waals surface area contributed by atoms with Gasteiger partial charge in [0, 0.05) is 30.2 Å². The minimum Gasteiger partial charge on any atom is -0.462 e. The number of carbonyl (C=O) groups is 2. The highest BCUT2D eigenvalue weighted by molar-refractivity contribution is 6.05. The SMILES string of the molecule is CCOC(=O)c1ccc(C)c(NC(=O)c2ccc(Cn3ccnc3C)cc2)c1. The van der Waals surface area contributed by atoms with Crippen molar-refractivity contribution in [3.05, 3.63) is 82.9 Å².